The molecule has 1 fully saturated rings. The minimum absolute atomic E-state index is 0.110. The van der Waals surface area contributed by atoms with Gasteiger partial charge < -0.3 is 18.8 Å². The van der Waals surface area contributed by atoms with E-state index in [2.05, 4.69) is 10.1 Å². The van der Waals surface area contributed by atoms with Crippen molar-refractivity contribution in [2.45, 2.75) is 31.8 Å². The number of aromatic nitrogens is 3. The standard InChI is InChI=1S/C18H24N4O4/c23-18(17-12-26-13-19-17)21-9-15-1-5-20-22(15)16(10-21)4-8-25-11-14-2-6-24-7-3-14/h1,5,12-14,16H,2-4,6-11H2/t16-/m1/s1. The van der Waals surface area contributed by atoms with Crippen LogP contribution in [0.3, 0.4) is 0 Å². The molecular formula is C18H24N4O4. The van der Waals surface area contributed by atoms with E-state index in [1.807, 2.05) is 10.7 Å². The Hall–Kier alpha value is -2.19. The zero-order valence-electron chi connectivity index (χ0n) is 14.7. The highest BCUT2D eigenvalue weighted by Crippen LogP contribution is 2.24. The molecule has 0 bridgehead atoms. The Morgan fingerprint density at radius 3 is 3.04 bits per heavy atom. The molecule has 2 aromatic rings. The first-order chi connectivity index (χ1) is 12.8. The van der Waals surface area contributed by atoms with Crippen LogP contribution in [0.2, 0.25) is 0 Å². The first kappa shape index (κ1) is 17.2. The number of rotatable bonds is 6. The number of carbonyl (C=O) groups is 1. The highest BCUT2D eigenvalue weighted by atomic mass is 16.5. The number of fused-ring (bicyclic) bond motifs is 1. The molecule has 2 aliphatic rings. The Morgan fingerprint density at radius 2 is 2.23 bits per heavy atom. The zero-order chi connectivity index (χ0) is 17.8. The summed E-state index contributed by atoms with van der Waals surface area (Å²) in [5.74, 6) is 0.486. The van der Waals surface area contributed by atoms with Crippen molar-refractivity contribution in [3.05, 3.63) is 36.3 Å². The molecule has 2 aliphatic heterocycles. The molecule has 0 aromatic carbocycles. The summed E-state index contributed by atoms with van der Waals surface area (Å²) in [5, 5.41) is 4.44. The Kier molecular flexibility index (Phi) is 5.31. The maximum atomic E-state index is 12.6. The van der Waals surface area contributed by atoms with E-state index < -0.39 is 0 Å². The van der Waals surface area contributed by atoms with Gasteiger partial charge in [0.15, 0.2) is 12.1 Å². The molecule has 26 heavy (non-hydrogen) atoms. The highest BCUT2D eigenvalue weighted by molar-refractivity contribution is 5.91. The molecule has 0 spiro atoms. The second kappa shape index (κ2) is 8.01. The number of hydrogen-bond acceptors (Lipinski definition) is 6. The molecule has 0 saturated carbocycles. The fourth-order valence-corrected chi connectivity index (χ4v) is 3.62. The average molecular weight is 360 g/mol. The van der Waals surface area contributed by atoms with Crippen LogP contribution in [0.5, 0.6) is 0 Å². The zero-order valence-corrected chi connectivity index (χ0v) is 14.7. The lowest BCUT2D eigenvalue weighted by molar-refractivity contribution is 0.0156. The van der Waals surface area contributed by atoms with Crippen LogP contribution < -0.4 is 0 Å². The summed E-state index contributed by atoms with van der Waals surface area (Å²) in [4.78, 5) is 18.4. The molecule has 140 valence electrons. The summed E-state index contributed by atoms with van der Waals surface area (Å²) in [6.45, 7) is 4.25. The number of amides is 1. The second-order valence-electron chi connectivity index (χ2n) is 6.90. The fraction of sp³-hybridized carbons (Fsp3) is 0.611. The van der Waals surface area contributed by atoms with Crippen LogP contribution in [0.4, 0.5) is 0 Å². The number of carbonyl (C=O) groups excluding carboxylic acids is 1. The summed E-state index contributed by atoms with van der Waals surface area (Å²) in [5.41, 5.74) is 1.37. The average Bonchev–Trinajstić information content (AvgIpc) is 3.37. The lowest BCUT2D eigenvalue weighted by Crippen LogP contribution is -2.41. The number of oxazole rings is 1. The van der Waals surface area contributed by atoms with E-state index in [1.54, 1.807) is 11.1 Å². The third-order valence-corrected chi connectivity index (χ3v) is 5.11. The van der Waals surface area contributed by atoms with Crippen molar-refractivity contribution in [1.29, 1.82) is 0 Å². The van der Waals surface area contributed by atoms with Crippen molar-refractivity contribution in [2.75, 3.05) is 33.0 Å². The Bertz CT molecular complexity index is 709. The number of ether oxygens (including phenoxy) is 2. The lowest BCUT2D eigenvalue weighted by Gasteiger charge is -2.33. The first-order valence-corrected chi connectivity index (χ1v) is 9.16. The number of hydrogen-bond donors (Lipinski definition) is 0. The van der Waals surface area contributed by atoms with Crippen LogP contribution >= 0.6 is 0 Å². The Morgan fingerprint density at radius 1 is 1.35 bits per heavy atom. The molecule has 1 saturated heterocycles. The SMILES string of the molecule is O=C(c1cocn1)N1Cc2ccnn2[C@H](CCOCC2CCOCC2)C1. The molecule has 8 nitrogen and oxygen atoms in total. The first-order valence-electron chi connectivity index (χ1n) is 9.16. The van der Waals surface area contributed by atoms with E-state index in [0.29, 0.717) is 31.3 Å². The van der Waals surface area contributed by atoms with Crippen molar-refractivity contribution in [3.63, 3.8) is 0 Å². The van der Waals surface area contributed by atoms with Gasteiger partial charge in [-0.25, -0.2) is 4.98 Å². The van der Waals surface area contributed by atoms with Gasteiger partial charge in [-0.3, -0.25) is 9.48 Å². The summed E-state index contributed by atoms with van der Waals surface area (Å²) in [7, 11) is 0. The number of nitrogens with zero attached hydrogens (tertiary/aromatic N) is 4. The van der Waals surface area contributed by atoms with Crippen LogP contribution in [0.1, 0.15) is 41.5 Å². The van der Waals surface area contributed by atoms with E-state index in [-0.39, 0.29) is 11.9 Å². The van der Waals surface area contributed by atoms with Gasteiger partial charge in [-0.2, -0.15) is 5.10 Å². The quantitative estimate of drug-likeness (QED) is 0.732. The molecule has 8 heteroatoms. The lowest BCUT2D eigenvalue weighted by atomic mass is 10.0. The van der Waals surface area contributed by atoms with Crippen LogP contribution in [0.15, 0.2) is 29.3 Å². The fourth-order valence-electron chi connectivity index (χ4n) is 3.62. The van der Waals surface area contributed by atoms with Gasteiger partial charge in [0.05, 0.1) is 18.3 Å². The normalized spacial score (nSPS) is 20.9. The Labute approximate surface area is 152 Å². The van der Waals surface area contributed by atoms with Crippen molar-refractivity contribution < 1.29 is 18.7 Å². The summed E-state index contributed by atoms with van der Waals surface area (Å²) < 4.78 is 18.2. The molecule has 0 aliphatic carbocycles. The van der Waals surface area contributed by atoms with E-state index >= 15 is 0 Å². The van der Waals surface area contributed by atoms with Crippen LogP contribution in [-0.2, 0) is 16.0 Å². The van der Waals surface area contributed by atoms with E-state index in [9.17, 15) is 4.79 Å². The molecule has 0 unspecified atom stereocenters. The van der Waals surface area contributed by atoms with Crippen LogP contribution in [-0.4, -0.2) is 58.5 Å². The molecule has 4 rings (SSSR count). The molecule has 0 N–H and O–H groups in total. The topological polar surface area (TPSA) is 82.6 Å². The maximum absolute atomic E-state index is 12.6. The van der Waals surface area contributed by atoms with Gasteiger partial charge in [0.2, 0.25) is 0 Å². The van der Waals surface area contributed by atoms with E-state index in [1.165, 1.54) is 12.7 Å². The van der Waals surface area contributed by atoms with Gasteiger partial charge in [-0.1, -0.05) is 0 Å². The predicted molar refractivity (Wildman–Crippen MR) is 91.5 cm³/mol. The van der Waals surface area contributed by atoms with Gasteiger partial charge in [0.25, 0.3) is 5.91 Å². The molecule has 2 aromatic heterocycles. The Balaban J connectivity index is 1.33. The molecule has 1 atom stereocenters. The molecule has 1 amide bonds. The van der Waals surface area contributed by atoms with Crippen LogP contribution in [0, 0.1) is 5.92 Å². The summed E-state index contributed by atoms with van der Waals surface area (Å²) in [6, 6.07) is 2.07. The van der Waals surface area contributed by atoms with E-state index in [0.717, 1.165) is 44.8 Å². The molecular weight excluding hydrogens is 336 g/mol. The largest absolute Gasteiger partial charge is 0.451 e. The second-order valence-corrected chi connectivity index (χ2v) is 6.90. The monoisotopic (exact) mass is 360 g/mol. The van der Waals surface area contributed by atoms with Gasteiger partial charge in [0, 0.05) is 39.2 Å². The third kappa shape index (κ3) is 3.81. The predicted octanol–water partition coefficient (Wildman–Crippen LogP) is 1.90. The minimum atomic E-state index is -0.112. The maximum Gasteiger partial charge on any atom is 0.276 e. The van der Waals surface area contributed by atoms with Gasteiger partial charge in [-0.05, 0) is 31.2 Å². The minimum Gasteiger partial charge on any atom is -0.451 e. The van der Waals surface area contributed by atoms with Crippen molar-refractivity contribution in [2.24, 2.45) is 5.92 Å². The van der Waals surface area contributed by atoms with Gasteiger partial charge in [-0.15, -0.1) is 0 Å². The smallest absolute Gasteiger partial charge is 0.276 e. The summed E-state index contributed by atoms with van der Waals surface area (Å²) >= 11 is 0. The third-order valence-electron chi connectivity index (χ3n) is 5.11. The van der Waals surface area contributed by atoms with Crippen LogP contribution in [0.25, 0.3) is 0 Å². The molecule has 4 heterocycles. The van der Waals surface area contributed by atoms with Crippen molar-refractivity contribution in [1.82, 2.24) is 19.7 Å². The van der Waals surface area contributed by atoms with Crippen molar-refractivity contribution in [3.8, 4) is 0 Å². The van der Waals surface area contributed by atoms with Crippen molar-refractivity contribution >= 4 is 5.91 Å². The van der Waals surface area contributed by atoms with E-state index in [4.69, 9.17) is 13.9 Å². The molecule has 0 radical (unpaired) electrons. The van der Waals surface area contributed by atoms with Gasteiger partial charge in [0.1, 0.15) is 6.26 Å². The van der Waals surface area contributed by atoms with Gasteiger partial charge >= 0.3 is 0 Å². The summed E-state index contributed by atoms with van der Waals surface area (Å²) in [6.07, 6.45) is 7.43. The highest BCUT2D eigenvalue weighted by Gasteiger charge is 2.30.